The number of rotatable bonds is 6. The lowest BCUT2D eigenvalue weighted by Gasteiger charge is -2.13. The van der Waals surface area contributed by atoms with E-state index in [2.05, 4.69) is 15.3 Å². The van der Waals surface area contributed by atoms with Crippen molar-refractivity contribution in [3.63, 3.8) is 0 Å². The van der Waals surface area contributed by atoms with Gasteiger partial charge in [0.1, 0.15) is 12.4 Å². The molecule has 4 nitrogen and oxygen atoms in total. The highest BCUT2D eigenvalue weighted by atomic mass is 19.3. The quantitative estimate of drug-likeness (QED) is 0.830. The molecule has 0 fully saturated rings. The summed E-state index contributed by atoms with van der Waals surface area (Å²) in [5, 5.41) is 2.19. The van der Waals surface area contributed by atoms with Crippen molar-refractivity contribution in [2.45, 2.75) is 19.5 Å². The molecule has 0 aliphatic rings. The van der Waals surface area contributed by atoms with Crippen molar-refractivity contribution in [3.05, 3.63) is 47.7 Å². The molecule has 1 N–H and O–H groups in total. The van der Waals surface area contributed by atoms with Gasteiger partial charge in [-0.3, -0.25) is 0 Å². The number of nitrogens with one attached hydrogen (secondary N) is 1. The van der Waals surface area contributed by atoms with Gasteiger partial charge in [-0.15, -0.1) is 0 Å². The van der Waals surface area contributed by atoms with Crippen LogP contribution in [0.1, 0.15) is 12.5 Å². The van der Waals surface area contributed by atoms with Crippen molar-refractivity contribution in [3.8, 4) is 6.01 Å². The second-order valence-electron chi connectivity index (χ2n) is 4.69. The molecule has 2 rings (SSSR count). The number of hydrogen-bond donors (Lipinski definition) is 1. The van der Waals surface area contributed by atoms with Crippen LogP contribution in [-0.4, -0.2) is 22.4 Å². The van der Waals surface area contributed by atoms with Crippen molar-refractivity contribution < 1.29 is 22.3 Å². The first kappa shape index (κ1) is 16.0. The fourth-order valence-electron chi connectivity index (χ4n) is 1.51. The largest absolute Gasteiger partial charge is 0.459 e. The standard InChI is InChI=1S/C14H13F4N3O/c1-14(17,18)8-20-12-11(16)6-19-13(21-12)22-7-9-2-4-10(15)5-3-9/h2-6H,7-8H2,1H3,(H,19,20,21). The van der Waals surface area contributed by atoms with E-state index in [0.29, 0.717) is 12.5 Å². The highest BCUT2D eigenvalue weighted by Crippen LogP contribution is 2.17. The van der Waals surface area contributed by atoms with Gasteiger partial charge in [0.25, 0.3) is 5.92 Å². The van der Waals surface area contributed by atoms with Crippen LogP contribution in [0.15, 0.2) is 30.5 Å². The summed E-state index contributed by atoms with van der Waals surface area (Å²) >= 11 is 0. The summed E-state index contributed by atoms with van der Waals surface area (Å²) < 4.78 is 56.9. The van der Waals surface area contributed by atoms with Crippen molar-refractivity contribution >= 4 is 5.82 Å². The van der Waals surface area contributed by atoms with Crippen LogP contribution in [0.5, 0.6) is 6.01 Å². The zero-order valence-corrected chi connectivity index (χ0v) is 11.6. The normalized spacial score (nSPS) is 11.3. The minimum Gasteiger partial charge on any atom is -0.459 e. The number of aromatic nitrogens is 2. The molecule has 0 atom stereocenters. The molecule has 0 amide bonds. The number of halogens is 4. The Labute approximate surface area is 124 Å². The van der Waals surface area contributed by atoms with Gasteiger partial charge in [-0.1, -0.05) is 12.1 Å². The molecule has 1 aromatic heterocycles. The summed E-state index contributed by atoms with van der Waals surface area (Å²) in [5.74, 6) is -4.62. The maximum atomic E-state index is 13.4. The Bertz CT molecular complexity index is 629. The first-order valence-electron chi connectivity index (χ1n) is 6.35. The molecule has 22 heavy (non-hydrogen) atoms. The van der Waals surface area contributed by atoms with Gasteiger partial charge >= 0.3 is 6.01 Å². The van der Waals surface area contributed by atoms with E-state index < -0.39 is 18.3 Å². The maximum absolute atomic E-state index is 13.4. The predicted molar refractivity (Wildman–Crippen MR) is 71.8 cm³/mol. The molecule has 0 saturated carbocycles. The monoisotopic (exact) mass is 315 g/mol. The fourth-order valence-corrected chi connectivity index (χ4v) is 1.51. The van der Waals surface area contributed by atoms with E-state index in [1.165, 1.54) is 24.3 Å². The lowest BCUT2D eigenvalue weighted by Crippen LogP contribution is -2.24. The van der Waals surface area contributed by atoms with Crippen LogP contribution in [-0.2, 0) is 6.61 Å². The van der Waals surface area contributed by atoms with E-state index in [1.54, 1.807) is 0 Å². The molecule has 0 aliphatic carbocycles. The molecule has 8 heteroatoms. The lowest BCUT2D eigenvalue weighted by atomic mass is 10.2. The van der Waals surface area contributed by atoms with Crippen LogP contribution >= 0.6 is 0 Å². The van der Waals surface area contributed by atoms with Gasteiger partial charge in [0.05, 0.1) is 12.7 Å². The third kappa shape index (κ3) is 4.87. The third-order valence-corrected chi connectivity index (χ3v) is 2.57. The highest BCUT2D eigenvalue weighted by Gasteiger charge is 2.21. The molecule has 0 spiro atoms. The number of nitrogens with zero attached hydrogens (tertiary/aromatic N) is 2. The minimum atomic E-state index is -3.01. The first-order valence-corrected chi connectivity index (χ1v) is 6.35. The molecule has 0 unspecified atom stereocenters. The van der Waals surface area contributed by atoms with Gasteiger partial charge < -0.3 is 10.1 Å². The molecule has 0 saturated heterocycles. The SMILES string of the molecule is CC(F)(F)CNc1nc(OCc2ccc(F)cc2)ncc1F. The summed E-state index contributed by atoms with van der Waals surface area (Å²) in [7, 11) is 0. The smallest absolute Gasteiger partial charge is 0.318 e. The predicted octanol–water partition coefficient (Wildman–Crippen LogP) is 3.40. The zero-order chi connectivity index (χ0) is 16.2. The Morgan fingerprint density at radius 1 is 1.18 bits per heavy atom. The van der Waals surface area contributed by atoms with Gasteiger partial charge in [-0.25, -0.2) is 22.5 Å². The fraction of sp³-hybridized carbons (Fsp3) is 0.286. The second-order valence-corrected chi connectivity index (χ2v) is 4.69. The van der Waals surface area contributed by atoms with E-state index in [4.69, 9.17) is 4.74 Å². The number of hydrogen-bond acceptors (Lipinski definition) is 4. The summed E-state index contributed by atoms with van der Waals surface area (Å²) in [6.07, 6.45) is 0.823. The molecule has 118 valence electrons. The van der Waals surface area contributed by atoms with Crippen LogP contribution in [0.4, 0.5) is 23.4 Å². The molecule has 0 radical (unpaired) electrons. The van der Waals surface area contributed by atoms with E-state index in [1.807, 2.05) is 0 Å². The highest BCUT2D eigenvalue weighted by molar-refractivity contribution is 5.36. The lowest BCUT2D eigenvalue weighted by molar-refractivity contribution is 0.0366. The molecular weight excluding hydrogens is 302 g/mol. The van der Waals surface area contributed by atoms with Gasteiger partial charge in [-0.2, -0.15) is 4.98 Å². The van der Waals surface area contributed by atoms with Gasteiger partial charge in [0, 0.05) is 6.92 Å². The van der Waals surface area contributed by atoms with E-state index in [9.17, 15) is 17.6 Å². The Morgan fingerprint density at radius 2 is 1.86 bits per heavy atom. The summed E-state index contributed by atoms with van der Waals surface area (Å²) in [4.78, 5) is 7.29. The topological polar surface area (TPSA) is 47.0 Å². The summed E-state index contributed by atoms with van der Waals surface area (Å²) in [5.41, 5.74) is 0.656. The Hall–Kier alpha value is -2.38. The minimum absolute atomic E-state index is 0.0370. The molecule has 1 aromatic carbocycles. The number of anilines is 1. The third-order valence-electron chi connectivity index (χ3n) is 2.57. The van der Waals surface area contributed by atoms with Crippen LogP contribution < -0.4 is 10.1 Å². The van der Waals surface area contributed by atoms with Crippen LogP contribution in [0.2, 0.25) is 0 Å². The van der Waals surface area contributed by atoms with Gasteiger partial charge in [-0.05, 0) is 17.7 Å². The Kier molecular flexibility index (Phi) is 4.79. The second kappa shape index (κ2) is 6.59. The number of ether oxygens (including phenoxy) is 1. The number of alkyl halides is 2. The Balaban J connectivity index is 2.01. The maximum Gasteiger partial charge on any atom is 0.318 e. The van der Waals surface area contributed by atoms with Gasteiger partial charge in [0.2, 0.25) is 0 Å². The van der Waals surface area contributed by atoms with Crippen LogP contribution in [0, 0.1) is 11.6 Å². The molecule has 1 heterocycles. The van der Waals surface area contributed by atoms with Crippen LogP contribution in [0.25, 0.3) is 0 Å². The van der Waals surface area contributed by atoms with Crippen LogP contribution in [0.3, 0.4) is 0 Å². The van der Waals surface area contributed by atoms with Crippen molar-refractivity contribution in [2.24, 2.45) is 0 Å². The summed E-state index contributed by atoms with van der Waals surface area (Å²) in [6.45, 7) is -0.0291. The average Bonchev–Trinajstić information content (AvgIpc) is 2.46. The number of benzene rings is 1. The molecular formula is C14H13F4N3O. The van der Waals surface area contributed by atoms with E-state index in [0.717, 1.165) is 6.20 Å². The Morgan fingerprint density at radius 3 is 2.50 bits per heavy atom. The van der Waals surface area contributed by atoms with Crippen molar-refractivity contribution in [1.82, 2.24) is 9.97 Å². The van der Waals surface area contributed by atoms with Crippen molar-refractivity contribution in [2.75, 3.05) is 11.9 Å². The zero-order valence-electron chi connectivity index (χ0n) is 11.6. The summed E-state index contributed by atoms with van der Waals surface area (Å²) in [6, 6.07) is 5.37. The first-order chi connectivity index (χ1) is 10.3. The molecule has 2 aromatic rings. The van der Waals surface area contributed by atoms with E-state index in [-0.39, 0.29) is 24.3 Å². The molecule has 0 aliphatic heterocycles. The van der Waals surface area contributed by atoms with Gasteiger partial charge in [0.15, 0.2) is 11.6 Å². The van der Waals surface area contributed by atoms with E-state index >= 15 is 0 Å². The molecule has 0 bridgehead atoms. The van der Waals surface area contributed by atoms with Crippen molar-refractivity contribution in [1.29, 1.82) is 0 Å². The average molecular weight is 315 g/mol.